The van der Waals surface area contributed by atoms with Crippen LogP contribution in [0.15, 0.2) is 0 Å². The quantitative estimate of drug-likeness (QED) is 0.706. The highest BCUT2D eigenvalue weighted by atomic mass is 32.2. The van der Waals surface area contributed by atoms with Gasteiger partial charge in [-0.3, -0.25) is 0 Å². The minimum atomic E-state index is 0.861. The van der Waals surface area contributed by atoms with E-state index in [0.717, 1.165) is 23.8 Å². The molecule has 2 fully saturated rings. The first-order valence-corrected chi connectivity index (χ1v) is 6.25. The molecule has 0 aromatic heterocycles. The molecular weight excluding hydrogens is 166 g/mol. The molecule has 2 aliphatic heterocycles. The summed E-state index contributed by atoms with van der Waals surface area (Å²) in [5, 5.41) is 3.61. The summed E-state index contributed by atoms with van der Waals surface area (Å²) in [5.41, 5.74) is 0. The third kappa shape index (κ3) is 1.51. The van der Waals surface area contributed by atoms with Crippen LogP contribution in [0.2, 0.25) is 0 Å². The molecule has 2 saturated heterocycles. The van der Waals surface area contributed by atoms with E-state index in [1.165, 1.54) is 24.5 Å². The van der Waals surface area contributed by atoms with E-state index in [1.54, 1.807) is 0 Å². The fourth-order valence-corrected chi connectivity index (χ4v) is 3.71. The number of nitrogens with one attached hydrogen (secondary N) is 1. The number of hydrogen-bond acceptors (Lipinski definition) is 2. The zero-order valence-corrected chi connectivity index (χ0v) is 8.86. The van der Waals surface area contributed by atoms with Crippen molar-refractivity contribution in [2.75, 3.05) is 18.1 Å². The van der Waals surface area contributed by atoms with Gasteiger partial charge in [0.1, 0.15) is 0 Å². The summed E-state index contributed by atoms with van der Waals surface area (Å²) in [6.45, 7) is 5.99. The van der Waals surface area contributed by atoms with Crippen molar-refractivity contribution >= 4 is 11.8 Å². The molecule has 3 atom stereocenters. The van der Waals surface area contributed by atoms with Crippen molar-refractivity contribution in [3.63, 3.8) is 0 Å². The highest BCUT2D eigenvalue weighted by Crippen LogP contribution is 2.35. The lowest BCUT2D eigenvalue weighted by Gasteiger charge is -2.44. The van der Waals surface area contributed by atoms with E-state index < -0.39 is 0 Å². The molecule has 0 spiro atoms. The van der Waals surface area contributed by atoms with Crippen molar-refractivity contribution in [3.05, 3.63) is 0 Å². The Morgan fingerprint density at radius 2 is 2.25 bits per heavy atom. The predicted octanol–water partition coefficient (Wildman–Crippen LogP) is 1.98. The summed E-state index contributed by atoms with van der Waals surface area (Å²) in [5.74, 6) is 5.63. The van der Waals surface area contributed by atoms with E-state index >= 15 is 0 Å². The summed E-state index contributed by atoms with van der Waals surface area (Å²) in [7, 11) is 0. The first-order valence-electron chi connectivity index (χ1n) is 5.10. The fraction of sp³-hybridized carbons (Fsp3) is 1.00. The minimum Gasteiger partial charge on any atom is -0.313 e. The van der Waals surface area contributed by atoms with E-state index in [1.807, 2.05) is 0 Å². The Morgan fingerprint density at radius 1 is 1.42 bits per heavy atom. The average molecular weight is 185 g/mol. The lowest BCUT2D eigenvalue weighted by atomic mass is 9.75. The number of rotatable bonds is 2. The zero-order valence-electron chi connectivity index (χ0n) is 8.05. The maximum Gasteiger partial charge on any atom is 0.0146 e. The smallest absolute Gasteiger partial charge is 0.0146 e. The third-order valence-corrected chi connectivity index (χ3v) is 4.57. The molecule has 0 amide bonds. The van der Waals surface area contributed by atoms with Crippen molar-refractivity contribution in [1.82, 2.24) is 5.32 Å². The maximum atomic E-state index is 3.61. The second-order valence-corrected chi connectivity index (χ2v) is 5.62. The molecule has 2 heterocycles. The van der Waals surface area contributed by atoms with Gasteiger partial charge in [0.15, 0.2) is 0 Å². The molecule has 70 valence electrons. The summed E-state index contributed by atoms with van der Waals surface area (Å²) in [6.07, 6.45) is 1.45. The molecular formula is C10H19NS. The van der Waals surface area contributed by atoms with E-state index in [0.29, 0.717) is 0 Å². The van der Waals surface area contributed by atoms with E-state index in [2.05, 4.69) is 30.9 Å². The van der Waals surface area contributed by atoms with Crippen LogP contribution in [-0.2, 0) is 0 Å². The van der Waals surface area contributed by atoms with Crippen LogP contribution < -0.4 is 5.32 Å². The first-order chi connectivity index (χ1) is 5.79. The molecule has 1 N–H and O–H groups in total. The standard InChI is InChI=1S/C10H19NS/c1-7(2)9-5-11-10(9)8-3-4-12-6-8/h7-11H,3-6H2,1-2H3. The van der Waals surface area contributed by atoms with E-state index in [-0.39, 0.29) is 0 Å². The van der Waals surface area contributed by atoms with Gasteiger partial charge in [0.05, 0.1) is 0 Å². The number of thioether (sulfide) groups is 1. The molecule has 1 nitrogen and oxygen atoms in total. The van der Waals surface area contributed by atoms with Gasteiger partial charge in [0, 0.05) is 6.04 Å². The van der Waals surface area contributed by atoms with Crippen LogP contribution in [-0.4, -0.2) is 24.1 Å². The van der Waals surface area contributed by atoms with Crippen molar-refractivity contribution in [2.24, 2.45) is 17.8 Å². The van der Waals surface area contributed by atoms with E-state index in [4.69, 9.17) is 0 Å². The van der Waals surface area contributed by atoms with Crippen LogP contribution in [0.1, 0.15) is 20.3 Å². The fourth-order valence-electron chi connectivity index (χ4n) is 2.39. The normalized spacial score (nSPS) is 41.8. The van der Waals surface area contributed by atoms with Gasteiger partial charge in [-0.25, -0.2) is 0 Å². The molecule has 0 aromatic rings. The van der Waals surface area contributed by atoms with Crippen molar-refractivity contribution in [2.45, 2.75) is 26.3 Å². The van der Waals surface area contributed by atoms with E-state index in [9.17, 15) is 0 Å². The Balaban J connectivity index is 1.87. The molecule has 0 radical (unpaired) electrons. The lowest BCUT2D eigenvalue weighted by Crippen LogP contribution is -2.58. The summed E-state index contributed by atoms with van der Waals surface area (Å²) in [6, 6.07) is 0.861. The Labute approximate surface area is 79.7 Å². The first kappa shape index (κ1) is 8.89. The second-order valence-electron chi connectivity index (χ2n) is 4.47. The van der Waals surface area contributed by atoms with Crippen molar-refractivity contribution < 1.29 is 0 Å². The van der Waals surface area contributed by atoms with Crippen LogP contribution in [0.4, 0.5) is 0 Å². The molecule has 2 aliphatic rings. The second kappa shape index (κ2) is 3.59. The lowest BCUT2D eigenvalue weighted by molar-refractivity contribution is 0.127. The van der Waals surface area contributed by atoms with Gasteiger partial charge in [0.25, 0.3) is 0 Å². The molecule has 0 aliphatic carbocycles. The Bertz CT molecular complexity index is 150. The molecule has 0 saturated carbocycles. The maximum absolute atomic E-state index is 3.61. The predicted molar refractivity (Wildman–Crippen MR) is 55.6 cm³/mol. The highest BCUT2D eigenvalue weighted by Gasteiger charge is 2.39. The van der Waals surface area contributed by atoms with Crippen LogP contribution in [0.5, 0.6) is 0 Å². The van der Waals surface area contributed by atoms with Gasteiger partial charge in [-0.15, -0.1) is 0 Å². The molecule has 3 unspecified atom stereocenters. The van der Waals surface area contributed by atoms with Gasteiger partial charge in [0.2, 0.25) is 0 Å². The monoisotopic (exact) mass is 185 g/mol. The van der Waals surface area contributed by atoms with Gasteiger partial charge < -0.3 is 5.32 Å². The summed E-state index contributed by atoms with van der Waals surface area (Å²) >= 11 is 2.13. The molecule has 0 aromatic carbocycles. The summed E-state index contributed by atoms with van der Waals surface area (Å²) < 4.78 is 0. The van der Waals surface area contributed by atoms with Gasteiger partial charge >= 0.3 is 0 Å². The SMILES string of the molecule is CC(C)C1CNC1C1CCSC1. The largest absolute Gasteiger partial charge is 0.313 e. The van der Waals surface area contributed by atoms with Gasteiger partial charge in [-0.05, 0) is 42.2 Å². The van der Waals surface area contributed by atoms with Crippen LogP contribution >= 0.6 is 11.8 Å². The molecule has 2 rings (SSSR count). The van der Waals surface area contributed by atoms with Gasteiger partial charge in [-0.2, -0.15) is 11.8 Å². The Hall–Kier alpha value is 0.310. The molecule has 2 heteroatoms. The minimum absolute atomic E-state index is 0.861. The Morgan fingerprint density at radius 3 is 2.67 bits per heavy atom. The topological polar surface area (TPSA) is 12.0 Å². The van der Waals surface area contributed by atoms with Crippen LogP contribution in [0, 0.1) is 17.8 Å². The third-order valence-electron chi connectivity index (χ3n) is 3.38. The van der Waals surface area contributed by atoms with Crippen LogP contribution in [0.25, 0.3) is 0 Å². The zero-order chi connectivity index (χ0) is 8.55. The summed E-state index contributed by atoms with van der Waals surface area (Å²) in [4.78, 5) is 0. The Kier molecular flexibility index (Phi) is 2.66. The van der Waals surface area contributed by atoms with Crippen LogP contribution in [0.3, 0.4) is 0 Å². The van der Waals surface area contributed by atoms with Crippen molar-refractivity contribution in [1.29, 1.82) is 0 Å². The average Bonchev–Trinajstić information content (AvgIpc) is 2.35. The number of hydrogen-bond donors (Lipinski definition) is 1. The molecule has 12 heavy (non-hydrogen) atoms. The molecule has 0 bridgehead atoms. The van der Waals surface area contributed by atoms with Gasteiger partial charge in [-0.1, -0.05) is 13.8 Å². The van der Waals surface area contributed by atoms with Crippen molar-refractivity contribution in [3.8, 4) is 0 Å². The highest BCUT2D eigenvalue weighted by molar-refractivity contribution is 7.99.